The second-order valence-corrected chi connectivity index (χ2v) is 10.6. The number of hydrogen-bond acceptors (Lipinski definition) is 3. The predicted octanol–water partition coefficient (Wildman–Crippen LogP) is 7.16. The summed E-state index contributed by atoms with van der Waals surface area (Å²) >= 11 is 0. The number of imidazole rings is 1. The first-order chi connectivity index (χ1) is 17.9. The van der Waals surface area contributed by atoms with Gasteiger partial charge in [0.05, 0.1) is 17.6 Å². The lowest BCUT2D eigenvalue weighted by Gasteiger charge is -2.19. The number of fused-ring (bicyclic) bond motifs is 1. The normalized spacial score (nSPS) is 15.8. The minimum Gasteiger partial charge on any atom is -0.493 e. The number of ether oxygens (including phenoxy) is 1. The molecule has 1 unspecified atom stereocenters. The molecule has 1 aliphatic rings. The van der Waals surface area contributed by atoms with Crippen LogP contribution in [0.2, 0.25) is 0 Å². The van der Waals surface area contributed by atoms with Crippen molar-refractivity contribution in [3.63, 3.8) is 0 Å². The van der Waals surface area contributed by atoms with Gasteiger partial charge in [-0.05, 0) is 73.6 Å². The first-order valence-electron chi connectivity index (χ1n) is 13.5. The zero-order chi connectivity index (χ0) is 25.9. The number of amides is 1. The Kier molecular flexibility index (Phi) is 7.31. The van der Waals surface area contributed by atoms with Crippen molar-refractivity contribution in [3.05, 3.63) is 89.2 Å². The number of aryl methyl sites for hydroxylation is 3. The highest BCUT2D eigenvalue weighted by atomic mass is 16.5. The van der Waals surface area contributed by atoms with Gasteiger partial charge in [-0.1, -0.05) is 56.3 Å². The summed E-state index contributed by atoms with van der Waals surface area (Å²) in [6.45, 7) is 10.8. The lowest BCUT2D eigenvalue weighted by atomic mass is 10.0. The van der Waals surface area contributed by atoms with Crippen molar-refractivity contribution in [2.24, 2.45) is 0 Å². The number of anilines is 1. The lowest BCUT2D eigenvalue weighted by Crippen LogP contribution is -2.25. The van der Waals surface area contributed by atoms with Crippen molar-refractivity contribution in [1.82, 2.24) is 9.55 Å². The zero-order valence-electron chi connectivity index (χ0n) is 22.4. The maximum Gasteiger partial charge on any atom is 0.227 e. The molecule has 4 aromatic rings. The molecule has 192 valence electrons. The molecule has 5 rings (SSSR count). The summed E-state index contributed by atoms with van der Waals surface area (Å²) in [4.78, 5) is 20.0. The molecular formula is C32H37N3O2. The summed E-state index contributed by atoms with van der Waals surface area (Å²) in [6, 6.07) is 22.9. The van der Waals surface area contributed by atoms with Gasteiger partial charge >= 0.3 is 0 Å². The molecule has 5 nitrogen and oxygen atoms in total. The molecule has 1 amide bonds. The van der Waals surface area contributed by atoms with Gasteiger partial charge in [-0.2, -0.15) is 0 Å². The fourth-order valence-corrected chi connectivity index (χ4v) is 5.42. The summed E-state index contributed by atoms with van der Waals surface area (Å²) in [5.74, 6) is 2.71. The number of rotatable bonds is 9. The van der Waals surface area contributed by atoms with Crippen LogP contribution < -0.4 is 9.64 Å². The Bertz CT molecular complexity index is 1400. The summed E-state index contributed by atoms with van der Waals surface area (Å²) in [5, 5.41) is 0. The van der Waals surface area contributed by atoms with Crippen molar-refractivity contribution in [2.45, 2.75) is 65.3 Å². The van der Waals surface area contributed by atoms with E-state index in [1.54, 1.807) is 0 Å². The summed E-state index contributed by atoms with van der Waals surface area (Å²) in [5.41, 5.74) is 6.75. The van der Waals surface area contributed by atoms with E-state index in [-0.39, 0.29) is 11.8 Å². The average Bonchev–Trinajstić information content (AvgIpc) is 3.44. The molecule has 0 radical (unpaired) electrons. The third kappa shape index (κ3) is 5.27. The monoisotopic (exact) mass is 495 g/mol. The Labute approximate surface area is 220 Å². The highest BCUT2D eigenvalue weighted by Crippen LogP contribution is 2.34. The van der Waals surface area contributed by atoms with Gasteiger partial charge in [-0.25, -0.2) is 4.98 Å². The van der Waals surface area contributed by atoms with Gasteiger partial charge in [-0.15, -0.1) is 0 Å². The van der Waals surface area contributed by atoms with E-state index < -0.39 is 0 Å². The number of nitrogens with zero attached hydrogens (tertiary/aromatic N) is 3. The topological polar surface area (TPSA) is 47.4 Å². The number of carbonyl (C=O) groups excluding carboxylic acids is 1. The van der Waals surface area contributed by atoms with Crippen molar-refractivity contribution >= 4 is 22.6 Å². The molecule has 5 heteroatoms. The predicted molar refractivity (Wildman–Crippen MR) is 151 cm³/mol. The van der Waals surface area contributed by atoms with E-state index in [4.69, 9.17) is 9.72 Å². The van der Waals surface area contributed by atoms with Gasteiger partial charge in [0.1, 0.15) is 11.6 Å². The molecule has 0 bridgehead atoms. The summed E-state index contributed by atoms with van der Waals surface area (Å²) < 4.78 is 8.56. The second kappa shape index (κ2) is 10.8. The van der Waals surface area contributed by atoms with Crippen LogP contribution in [-0.4, -0.2) is 28.6 Å². The van der Waals surface area contributed by atoms with Crippen molar-refractivity contribution in [1.29, 1.82) is 0 Å². The van der Waals surface area contributed by atoms with Crippen molar-refractivity contribution < 1.29 is 9.53 Å². The standard InChI is InChI=1S/C32H37N3O2/c1-22(2)26-16-15-23(3)19-30(26)37-18-10-9-17-34-29-14-8-6-12-27(29)33-32(34)25-20-31(36)35(21-25)28-13-7-5-11-24(28)4/h5-8,11-16,19,22,25H,9-10,17-18,20-21H2,1-4H3. The Morgan fingerprint density at radius 2 is 1.78 bits per heavy atom. The molecule has 0 aliphatic carbocycles. The van der Waals surface area contributed by atoms with Crippen LogP contribution >= 0.6 is 0 Å². The smallest absolute Gasteiger partial charge is 0.227 e. The molecule has 1 fully saturated rings. The molecular weight excluding hydrogens is 458 g/mol. The van der Waals surface area contributed by atoms with Crippen LogP contribution in [-0.2, 0) is 11.3 Å². The maximum atomic E-state index is 13.0. The molecule has 1 atom stereocenters. The molecule has 3 aromatic carbocycles. The Morgan fingerprint density at radius 1 is 1.00 bits per heavy atom. The largest absolute Gasteiger partial charge is 0.493 e. The van der Waals surface area contributed by atoms with Crippen LogP contribution in [0.4, 0.5) is 5.69 Å². The van der Waals surface area contributed by atoms with Gasteiger partial charge in [0.25, 0.3) is 0 Å². The number of para-hydroxylation sites is 3. The van der Waals surface area contributed by atoms with Gasteiger partial charge in [-0.3, -0.25) is 4.79 Å². The molecule has 37 heavy (non-hydrogen) atoms. The molecule has 0 saturated carbocycles. The van der Waals surface area contributed by atoms with Gasteiger partial charge in [0, 0.05) is 31.1 Å². The number of aromatic nitrogens is 2. The third-order valence-corrected chi connectivity index (χ3v) is 7.41. The fourth-order valence-electron chi connectivity index (χ4n) is 5.42. The highest BCUT2D eigenvalue weighted by molar-refractivity contribution is 5.97. The van der Waals surface area contributed by atoms with Crippen LogP contribution in [0, 0.1) is 13.8 Å². The molecule has 1 saturated heterocycles. The van der Waals surface area contributed by atoms with Crippen molar-refractivity contribution in [3.8, 4) is 5.75 Å². The van der Waals surface area contributed by atoms with E-state index >= 15 is 0 Å². The van der Waals surface area contributed by atoms with E-state index in [0.717, 1.165) is 53.2 Å². The second-order valence-electron chi connectivity index (χ2n) is 10.6. The first-order valence-corrected chi connectivity index (χ1v) is 13.5. The minimum absolute atomic E-state index is 0.0802. The van der Waals surface area contributed by atoms with E-state index in [0.29, 0.717) is 25.5 Å². The molecule has 1 aromatic heterocycles. The molecule has 1 aliphatic heterocycles. The first kappa shape index (κ1) is 25.1. The SMILES string of the molecule is Cc1ccc(C(C)C)c(OCCCCn2c(C3CC(=O)N(c4ccccc4C)C3)nc3ccccc32)c1. The van der Waals surface area contributed by atoms with Crippen LogP contribution in [0.1, 0.15) is 67.5 Å². The summed E-state index contributed by atoms with van der Waals surface area (Å²) in [7, 11) is 0. The Morgan fingerprint density at radius 3 is 2.59 bits per heavy atom. The van der Waals surface area contributed by atoms with Crippen molar-refractivity contribution in [2.75, 3.05) is 18.1 Å². The Hall–Kier alpha value is -3.60. The summed E-state index contributed by atoms with van der Waals surface area (Å²) in [6.07, 6.45) is 2.43. The lowest BCUT2D eigenvalue weighted by molar-refractivity contribution is -0.117. The number of hydrogen-bond donors (Lipinski definition) is 0. The van der Waals surface area contributed by atoms with Gasteiger partial charge < -0.3 is 14.2 Å². The van der Waals surface area contributed by atoms with E-state index in [9.17, 15) is 4.79 Å². The average molecular weight is 496 g/mol. The van der Waals surface area contributed by atoms with Crippen LogP contribution in [0.15, 0.2) is 66.7 Å². The quantitative estimate of drug-likeness (QED) is 0.232. The molecule has 2 heterocycles. The fraction of sp³-hybridized carbons (Fsp3) is 0.375. The van der Waals surface area contributed by atoms with E-state index in [1.807, 2.05) is 29.2 Å². The highest BCUT2D eigenvalue weighted by Gasteiger charge is 2.35. The third-order valence-electron chi connectivity index (χ3n) is 7.41. The Balaban J connectivity index is 1.29. The van der Waals surface area contributed by atoms with Crippen LogP contribution in [0.5, 0.6) is 5.75 Å². The van der Waals surface area contributed by atoms with Gasteiger partial charge in [0.15, 0.2) is 0 Å². The number of carbonyl (C=O) groups is 1. The van der Waals surface area contributed by atoms with Crippen LogP contribution in [0.25, 0.3) is 11.0 Å². The number of unbranched alkanes of at least 4 members (excludes halogenated alkanes) is 1. The van der Waals surface area contributed by atoms with Crippen LogP contribution in [0.3, 0.4) is 0 Å². The zero-order valence-corrected chi connectivity index (χ0v) is 22.4. The minimum atomic E-state index is 0.0802. The van der Waals surface area contributed by atoms with E-state index in [2.05, 4.69) is 74.7 Å². The number of benzene rings is 3. The molecule has 0 spiro atoms. The molecule has 0 N–H and O–H groups in total. The van der Waals surface area contributed by atoms with Gasteiger partial charge in [0.2, 0.25) is 5.91 Å². The van der Waals surface area contributed by atoms with E-state index in [1.165, 1.54) is 11.1 Å². The maximum absolute atomic E-state index is 13.0.